The molecule has 2 aromatic heterocycles. The van der Waals surface area contributed by atoms with Crippen molar-refractivity contribution in [2.45, 2.75) is 39.7 Å². The van der Waals surface area contributed by atoms with Gasteiger partial charge in [-0.25, -0.2) is 9.97 Å². The molecule has 166 valence electrons. The lowest BCUT2D eigenvalue weighted by Crippen LogP contribution is -2.26. The van der Waals surface area contributed by atoms with Crippen molar-refractivity contribution in [3.63, 3.8) is 0 Å². The summed E-state index contributed by atoms with van der Waals surface area (Å²) in [5.74, 6) is 0.0954. The molecule has 9 nitrogen and oxygen atoms in total. The number of hydrogen-bond donors (Lipinski definition) is 4. The van der Waals surface area contributed by atoms with Crippen molar-refractivity contribution in [2.24, 2.45) is 0 Å². The van der Waals surface area contributed by atoms with E-state index in [1.165, 1.54) is 6.33 Å². The number of anilines is 2. The number of carbonyl (C=O) groups is 2. The Morgan fingerprint density at radius 1 is 1.28 bits per heavy atom. The summed E-state index contributed by atoms with van der Waals surface area (Å²) in [7, 11) is 0. The summed E-state index contributed by atoms with van der Waals surface area (Å²) in [6.45, 7) is 4.52. The van der Waals surface area contributed by atoms with E-state index in [4.69, 9.17) is 4.74 Å². The summed E-state index contributed by atoms with van der Waals surface area (Å²) in [6, 6.07) is 5.41. The molecule has 2 amide bonds. The third kappa shape index (κ3) is 4.56. The Hall–Kier alpha value is -3.88. The standard InChI is InChI=1S/C23H26N6O3/c1-3-5-6-15(4-2)28-17-11-24-21-20(17)26-13-27-22(21)23(31)25-10-14-7-8-18-16(9-14)29-19(30)12-32-18/h6-9,11,13,24,28H,3-5,10,12H2,1-2H3,(H,25,31)(H,29,30)/b15-6-. The Morgan fingerprint density at radius 3 is 2.97 bits per heavy atom. The van der Waals surface area contributed by atoms with E-state index in [2.05, 4.69) is 50.8 Å². The van der Waals surface area contributed by atoms with Gasteiger partial charge >= 0.3 is 0 Å². The van der Waals surface area contributed by atoms with Crippen molar-refractivity contribution in [2.75, 3.05) is 17.2 Å². The highest BCUT2D eigenvalue weighted by atomic mass is 16.5. The second-order valence-corrected chi connectivity index (χ2v) is 7.49. The van der Waals surface area contributed by atoms with Crippen molar-refractivity contribution in [1.29, 1.82) is 0 Å². The molecule has 3 heterocycles. The number of aromatic nitrogens is 3. The van der Waals surface area contributed by atoms with Gasteiger partial charge in [0.1, 0.15) is 17.6 Å². The number of aromatic amines is 1. The molecule has 4 N–H and O–H groups in total. The third-order valence-corrected chi connectivity index (χ3v) is 5.16. The second-order valence-electron chi connectivity index (χ2n) is 7.49. The first-order valence-electron chi connectivity index (χ1n) is 10.7. The van der Waals surface area contributed by atoms with E-state index < -0.39 is 0 Å². The number of amides is 2. The van der Waals surface area contributed by atoms with Crippen LogP contribution in [0.15, 0.2) is 42.5 Å². The zero-order chi connectivity index (χ0) is 22.5. The van der Waals surface area contributed by atoms with Crippen LogP contribution in [0.25, 0.3) is 11.0 Å². The topological polar surface area (TPSA) is 121 Å². The van der Waals surface area contributed by atoms with Gasteiger partial charge in [0, 0.05) is 18.4 Å². The van der Waals surface area contributed by atoms with Crippen LogP contribution in [-0.2, 0) is 11.3 Å². The normalized spacial score (nSPS) is 13.3. The third-order valence-electron chi connectivity index (χ3n) is 5.16. The van der Waals surface area contributed by atoms with Crippen LogP contribution < -0.4 is 20.7 Å². The number of unbranched alkanes of at least 4 members (excludes halogenated alkanes) is 1. The molecule has 0 saturated heterocycles. The number of fused-ring (bicyclic) bond motifs is 2. The Morgan fingerprint density at radius 2 is 2.16 bits per heavy atom. The molecule has 0 saturated carbocycles. The van der Waals surface area contributed by atoms with E-state index >= 15 is 0 Å². The molecule has 0 atom stereocenters. The van der Waals surface area contributed by atoms with Gasteiger partial charge in [-0.15, -0.1) is 0 Å². The molecule has 0 unspecified atom stereocenters. The maximum absolute atomic E-state index is 12.9. The van der Waals surface area contributed by atoms with Crippen LogP contribution in [0.4, 0.5) is 11.4 Å². The summed E-state index contributed by atoms with van der Waals surface area (Å²) >= 11 is 0. The average molecular weight is 435 g/mol. The van der Waals surface area contributed by atoms with E-state index in [1.807, 2.05) is 6.07 Å². The first-order valence-corrected chi connectivity index (χ1v) is 10.7. The van der Waals surface area contributed by atoms with Gasteiger partial charge in [0.25, 0.3) is 11.8 Å². The number of H-pyrrole nitrogens is 1. The lowest BCUT2D eigenvalue weighted by atomic mass is 10.1. The van der Waals surface area contributed by atoms with E-state index in [1.54, 1.807) is 18.3 Å². The lowest BCUT2D eigenvalue weighted by molar-refractivity contribution is -0.118. The fourth-order valence-electron chi connectivity index (χ4n) is 3.49. The van der Waals surface area contributed by atoms with Gasteiger partial charge in [-0.2, -0.15) is 0 Å². The van der Waals surface area contributed by atoms with Crippen LogP contribution in [0.1, 0.15) is 49.2 Å². The molecule has 3 aromatic rings. The molecule has 0 fully saturated rings. The van der Waals surface area contributed by atoms with Crippen molar-refractivity contribution in [3.05, 3.63) is 53.8 Å². The van der Waals surface area contributed by atoms with Crippen LogP contribution in [0.3, 0.4) is 0 Å². The highest BCUT2D eigenvalue weighted by Crippen LogP contribution is 2.28. The molecule has 0 bridgehead atoms. The number of hydrogen-bond acceptors (Lipinski definition) is 6. The van der Waals surface area contributed by atoms with Crippen molar-refractivity contribution < 1.29 is 14.3 Å². The fraction of sp³-hybridized carbons (Fsp3) is 0.304. The van der Waals surface area contributed by atoms with Crippen molar-refractivity contribution in [1.82, 2.24) is 20.3 Å². The van der Waals surface area contributed by atoms with Crippen LogP contribution >= 0.6 is 0 Å². The molecule has 0 radical (unpaired) electrons. The minimum atomic E-state index is -0.318. The molecule has 1 aliphatic rings. The van der Waals surface area contributed by atoms with Gasteiger partial charge in [0.15, 0.2) is 12.3 Å². The first kappa shape index (κ1) is 21.4. The number of benzene rings is 1. The average Bonchev–Trinajstić information content (AvgIpc) is 3.22. The van der Waals surface area contributed by atoms with Crippen LogP contribution in [0.2, 0.25) is 0 Å². The Bertz CT molecular complexity index is 1180. The van der Waals surface area contributed by atoms with Crippen molar-refractivity contribution in [3.8, 4) is 5.75 Å². The predicted molar refractivity (Wildman–Crippen MR) is 123 cm³/mol. The fourth-order valence-corrected chi connectivity index (χ4v) is 3.49. The molecule has 9 heteroatoms. The summed E-state index contributed by atoms with van der Waals surface area (Å²) in [4.78, 5) is 36.0. The van der Waals surface area contributed by atoms with Gasteiger partial charge < -0.3 is 25.7 Å². The number of nitrogens with one attached hydrogen (secondary N) is 4. The molecule has 4 rings (SSSR count). The molecular formula is C23H26N6O3. The number of carbonyl (C=O) groups excluding carboxylic acids is 2. The summed E-state index contributed by atoms with van der Waals surface area (Å²) in [5.41, 5.74) is 4.86. The van der Waals surface area contributed by atoms with Gasteiger partial charge in [-0.3, -0.25) is 9.59 Å². The highest BCUT2D eigenvalue weighted by molar-refractivity contribution is 6.05. The Kier molecular flexibility index (Phi) is 6.34. The molecule has 1 aromatic carbocycles. The number of ether oxygens (including phenoxy) is 1. The smallest absolute Gasteiger partial charge is 0.272 e. The van der Waals surface area contributed by atoms with Gasteiger partial charge in [0.05, 0.1) is 16.9 Å². The van der Waals surface area contributed by atoms with E-state index in [-0.39, 0.29) is 30.7 Å². The zero-order valence-electron chi connectivity index (χ0n) is 18.1. The highest BCUT2D eigenvalue weighted by Gasteiger charge is 2.18. The minimum absolute atomic E-state index is 0.00787. The molecular weight excluding hydrogens is 408 g/mol. The molecule has 0 spiro atoms. The molecule has 1 aliphatic heterocycles. The number of nitrogens with zero attached hydrogens (tertiary/aromatic N) is 2. The Balaban J connectivity index is 1.49. The van der Waals surface area contributed by atoms with E-state index in [0.29, 0.717) is 22.5 Å². The maximum atomic E-state index is 12.9. The molecule has 32 heavy (non-hydrogen) atoms. The van der Waals surface area contributed by atoms with Gasteiger partial charge in [0.2, 0.25) is 0 Å². The SMILES string of the molecule is CCC/C=C(/CC)Nc1c[nH]c2c(C(=O)NCc3ccc4c(c3)NC(=O)CO4)ncnc12. The predicted octanol–water partition coefficient (Wildman–Crippen LogP) is 3.72. The van der Waals surface area contributed by atoms with Crippen LogP contribution in [0, 0.1) is 0 Å². The lowest BCUT2D eigenvalue weighted by Gasteiger charge is -2.18. The summed E-state index contributed by atoms with van der Waals surface area (Å²) in [6.07, 6.45) is 8.33. The molecule has 0 aliphatic carbocycles. The van der Waals surface area contributed by atoms with Crippen LogP contribution in [-0.4, -0.2) is 33.4 Å². The minimum Gasteiger partial charge on any atom is -0.482 e. The first-order chi connectivity index (χ1) is 15.6. The summed E-state index contributed by atoms with van der Waals surface area (Å²) < 4.78 is 5.36. The number of allylic oxidation sites excluding steroid dienone is 2. The Labute approximate surface area is 185 Å². The maximum Gasteiger partial charge on any atom is 0.272 e. The number of rotatable bonds is 8. The van der Waals surface area contributed by atoms with E-state index in [0.717, 1.165) is 36.2 Å². The zero-order valence-corrected chi connectivity index (χ0v) is 18.1. The van der Waals surface area contributed by atoms with Gasteiger partial charge in [-0.1, -0.05) is 32.4 Å². The van der Waals surface area contributed by atoms with Gasteiger partial charge in [-0.05, 0) is 30.5 Å². The quantitative estimate of drug-likeness (QED) is 0.429. The monoisotopic (exact) mass is 434 g/mol. The largest absolute Gasteiger partial charge is 0.482 e. The second kappa shape index (κ2) is 9.51. The van der Waals surface area contributed by atoms with Crippen LogP contribution in [0.5, 0.6) is 5.75 Å². The van der Waals surface area contributed by atoms with Crippen molar-refractivity contribution >= 4 is 34.2 Å². The summed E-state index contributed by atoms with van der Waals surface area (Å²) in [5, 5.41) is 9.05. The van der Waals surface area contributed by atoms with E-state index in [9.17, 15) is 9.59 Å².